The molecule has 0 fully saturated rings. The SMILES string of the molecule is CNCCc1ccccc1C(=O)NC(C)c1ccc(Cl)c(Cl)c1. The smallest absolute Gasteiger partial charge is 0.252 e. The lowest BCUT2D eigenvalue weighted by Gasteiger charge is -2.16. The second-order valence-corrected chi connectivity index (χ2v) is 6.19. The Morgan fingerprint density at radius 3 is 2.57 bits per heavy atom. The maximum absolute atomic E-state index is 12.6. The van der Waals surface area contributed by atoms with Gasteiger partial charge in [-0.15, -0.1) is 0 Å². The van der Waals surface area contributed by atoms with Crippen LogP contribution in [-0.4, -0.2) is 19.5 Å². The van der Waals surface area contributed by atoms with Crippen LogP contribution in [0.25, 0.3) is 0 Å². The van der Waals surface area contributed by atoms with Gasteiger partial charge in [-0.3, -0.25) is 4.79 Å². The van der Waals surface area contributed by atoms with Crippen LogP contribution in [0.5, 0.6) is 0 Å². The van der Waals surface area contributed by atoms with Crippen molar-refractivity contribution in [3.8, 4) is 0 Å². The molecule has 0 spiro atoms. The van der Waals surface area contributed by atoms with Crippen LogP contribution in [0.2, 0.25) is 10.0 Å². The molecule has 0 heterocycles. The monoisotopic (exact) mass is 350 g/mol. The van der Waals surface area contributed by atoms with Crippen molar-refractivity contribution >= 4 is 29.1 Å². The molecular formula is C18H20Cl2N2O. The molecule has 0 bridgehead atoms. The summed E-state index contributed by atoms with van der Waals surface area (Å²) in [5.41, 5.74) is 2.65. The van der Waals surface area contributed by atoms with Gasteiger partial charge in [0.25, 0.3) is 5.91 Å². The van der Waals surface area contributed by atoms with Crippen LogP contribution in [0.1, 0.15) is 34.5 Å². The number of carbonyl (C=O) groups is 1. The normalized spacial score (nSPS) is 12.0. The van der Waals surface area contributed by atoms with Crippen molar-refractivity contribution in [2.45, 2.75) is 19.4 Å². The van der Waals surface area contributed by atoms with Gasteiger partial charge in [0.2, 0.25) is 0 Å². The average molecular weight is 351 g/mol. The van der Waals surface area contributed by atoms with Crippen molar-refractivity contribution in [1.29, 1.82) is 0 Å². The minimum absolute atomic E-state index is 0.0877. The minimum atomic E-state index is -0.158. The predicted octanol–water partition coefficient (Wildman–Crippen LogP) is 4.25. The quantitative estimate of drug-likeness (QED) is 0.817. The first kappa shape index (κ1) is 17.8. The highest BCUT2D eigenvalue weighted by molar-refractivity contribution is 6.42. The van der Waals surface area contributed by atoms with E-state index in [4.69, 9.17) is 23.2 Å². The molecule has 2 aromatic carbocycles. The fourth-order valence-electron chi connectivity index (χ4n) is 2.36. The first-order valence-electron chi connectivity index (χ1n) is 7.51. The van der Waals surface area contributed by atoms with Gasteiger partial charge in [-0.25, -0.2) is 0 Å². The van der Waals surface area contributed by atoms with E-state index in [2.05, 4.69) is 10.6 Å². The summed E-state index contributed by atoms with van der Waals surface area (Å²) in [6, 6.07) is 12.9. The number of benzene rings is 2. The van der Waals surface area contributed by atoms with Crippen LogP contribution in [0, 0.1) is 0 Å². The summed E-state index contributed by atoms with van der Waals surface area (Å²) in [6.45, 7) is 2.75. The van der Waals surface area contributed by atoms with Gasteiger partial charge < -0.3 is 10.6 Å². The Hall–Kier alpha value is -1.55. The molecule has 3 nitrogen and oxygen atoms in total. The summed E-state index contributed by atoms with van der Waals surface area (Å²) in [7, 11) is 1.90. The molecular weight excluding hydrogens is 331 g/mol. The van der Waals surface area contributed by atoms with Crippen LogP contribution in [0.15, 0.2) is 42.5 Å². The van der Waals surface area contributed by atoms with Gasteiger partial charge in [0, 0.05) is 5.56 Å². The summed E-state index contributed by atoms with van der Waals surface area (Å²) >= 11 is 12.0. The second kappa shape index (κ2) is 8.34. The molecule has 2 N–H and O–H groups in total. The summed E-state index contributed by atoms with van der Waals surface area (Å²) in [4.78, 5) is 12.6. The molecule has 0 aromatic heterocycles. The first-order valence-corrected chi connectivity index (χ1v) is 8.27. The van der Waals surface area contributed by atoms with E-state index in [0.717, 1.165) is 24.1 Å². The van der Waals surface area contributed by atoms with Crippen molar-refractivity contribution in [2.24, 2.45) is 0 Å². The van der Waals surface area contributed by atoms with Gasteiger partial charge in [0.05, 0.1) is 16.1 Å². The first-order chi connectivity index (χ1) is 11.0. The van der Waals surface area contributed by atoms with Crippen molar-refractivity contribution < 1.29 is 4.79 Å². The van der Waals surface area contributed by atoms with Gasteiger partial charge in [-0.2, -0.15) is 0 Å². The molecule has 0 saturated carbocycles. The largest absolute Gasteiger partial charge is 0.346 e. The molecule has 0 radical (unpaired) electrons. The summed E-state index contributed by atoms with van der Waals surface area (Å²) in [5, 5.41) is 7.11. The second-order valence-electron chi connectivity index (χ2n) is 5.38. The zero-order chi connectivity index (χ0) is 16.8. The molecule has 23 heavy (non-hydrogen) atoms. The number of halogens is 2. The van der Waals surface area contributed by atoms with Gasteiger partial charge in [0.15, 0.2) is 0 Å². The highest BCUT2D eigenvalue weighted by atomic mass is 35.5. The van der Waals surface area contributed by atoms with Crippen LogP contribution >= 0.6 is 23.2 Å². The number of hydrogen-bond donors (Lipinski definition) is 2. The molecule has 0 saturated heterocycles. The van der Waals surface area contributed by atoms with Gasteiger partial charge >= 0.3 is 0 Å². The van der Waals surface area contributed by atoms with E-state index < -0.39 is 0 Å². The molecule has 0 aliphatic carbocycles. The fourth-order valence-corrected chi connectivity index (χ4v) is 2.67. The molecule has 1 amide bonds. The highest BCUT2D eigenvalue weighted by Gasteiger charge is 2.15. The standard InChI is InChI=1S/C18H20Cl2N2O/c1-12(14-7-8-16(19)17(20)11-14)22-18(23)15-6-4-3-5-13(15)9-10-21-2/h3-8,11-12,21H,9-10H2,1-2H3,(H,22,23). The van der Waals surface area contributed by atoms with Gasteiger partial charge in [-0.1, -0.05) is 47.5 Å². The summed E-state index contributed by atoms with van der Waals surface area (Å²) in [5.74, 6) is -0.0877. The minimum Gasteiger partial charge on any atom is -0.346 e. The topological polar surface area (TPSA) is 41.1 Å². The Balaban J connectivity index is 2.13. The van der Waals surface area contributed by atoms with E-state index in [9.17, 15) is 4.79 Å². The third kappa shape index (κ3) is 4.71. The molecule has 122 valence electrons. The van der Waals surface area contributed by atoms with E-state index in [1.165, 1.54) is 0 Å². The molecule has 1 atom stereocenters. The van der Waals surface area contributed by atoms with Crippen LogP contribution < -0.4 is 10.6 Å². The summed E-state index contributed by atoms with van der Waals surface area (Å²) in [6.07, 6.45) is 0.807. The van der Waals surface area contributed by atoms with Crippen molar-refractivity contribution in [3.63, 3.8) is 0 Å². The predicted molar refractivity (Wildman–Crippen MR) is 96.4 cm³/mol. The highest BCUT2D eigenvalue weighted by Crippen LogP contribution is 2.25. The zero-order valence-corrected chi connectivity index (χ0v) is 14.7. The van der Waals surface area contributed by atoms with Crippen molar-refractivity contribution in [3.05, 3.63) is 69.2 Å². The Kier molecular flexibility index (Phi) is 6.46. The molecule has 1 unspecified atom stereocenters. The Labute approximate surface area is 147 Å². The number of rotatable bonds is 6. The van der Waals surface area contributed by atoms with Crippen LogP contribution in [-0.2, 0) is 6.42 Å². The van der Waals surface area contributed by atoms with E-state index in [-0.39, 0.29) is 11.9 Å². The van der Waals surface area contributed by atoms with Crippen LogP contribution in [0.3, 0.4) is 0 Å². The molecule has 2 aromatic rings. The molecule has 5 heteroatoms. The molecule has 2 rings (SSSR count). The van der Waals surface area contributed by atoms with Crippen LogP contribution in [0.4, 0.5) is 0 Å². The Bertz CT molecular complexity index is 688. The van der Waals surface area contributed by atoms with E-state index in [1.54, 1.807) is 12.1 Å². The maximum atomic E-state index is 12.6. The number of amides is 1. The van der Waals surface area contributed by atoms with E-state index >= 15 is 0 Å². The lowest BCUT2D eigenvalue weighted by molar-refractivity contribution is 0.0939. The van der Waals surface area contributed by atoms with E-state index in [0.29, 0.717) is 15.6 Å². The lowest BCUT2D eigenvalue weighted by Crippen LogP contribution is -2.28. The zero-order valence-electron chi connectivity index (χ0n) is 13.2. The third-order valence-corrected chi connectivity index (χ3v) is 4.44. The number of likely N-dealkylation sites (N-methyl/N-ethyl adjacent to an activating group) is 1. The Morgan fingerprint density at radius 2 is 1.87 bits per heavy atom. The van der Waals surface area contributed by atoms with Crippen molar-refractivity contribution in [1.82, 2.24) is 10.6 Å². The average Bonchev–Trinajstić information content (AvgIpc) is 2.55. The fraction of sp³-hybridized carbons (Fsp3) is 0.278. The maximum Gasteiger partial charge on any atom is 0.252 e. The number of nitrogens with one attached hydrogen (secondary N) is 2. The third-order valence-electron chi connectivity index (χ3n) is 3.70. The lowest BCUT2D eigenvalue weighted by atomic mass is 10.0. The van der Waals surface area contributed by atoms with Gasteiger partial charge in [0.1, 0.15) is 0 Å². The Morgan fingerprint density at radius 1 is 1.13 bits per heavy atom. The number of hydrogen-bond acceptors (Lipinski definition) is 2. The van der Waals surface area contributed by atoms with Crippen molar-refractivity contribution in [2.75, 3.05) is 13.6 Å². The number of carbonyl (C=O) groups excluding carboxylic acids is 1. The summed E-state index contributed by atoms with van der Waals surface area (Å²) < 4.78 is 0. The van der Waals surface area contributed by atoms with Gasteiger partial charge in [-0.05, 0) is 56.3 Å². The molecule has 0 aliphatic heterocycles. The van der Waals surface area contributed by atoms with E-state index in [1.807, 2.05) is 44.3 Å². The molecule has 0 aliphatic rings.